The summed E-state index contributed by atoms with van der Waals surface area (Å²) in [6.07, 6.45) is 0. The van der Waals surface area contributed by atoms with Crippen LogP contribution in [0.3, 0.4) is 0 Å². The molecule has 1 rings (SSSR count). The molecule has 0 fully saturated rings. The summed E-state index contributed by atoms with van der Waals surface area (Å²) in [5.41, 5.74) is 5.50. The van der Waals surface area contributed by atoms with Crippen LogP contribution < -0.4 is 5.73 Å². The lowest BCUT2D eigenvalue weighted by Gasteiger charge is -2.19. The van der Waals surface area contributed by atoms with Gasteiger partial charge in [0.2, 0.25) is 0 Å². The van der Waals surface area contributed by atoms with Crippen LogP contribution in [0, 0.1) is 0 Å². The van der Waals surface area contributed by atoms with Crippen molar-refractivity contribution in [1.82, 2.24) is 4.98 Å². The Balaban J connectivity index is 2.81. The second kappa shape index (κ2) is 3.41. The topological polar surface area (TPSA) is 48.1 Å². The maximum absolute atomic E-state index is 5.53. The first-order valence-corrected chi connectivity index (χ1v) is 4.64. The third-order valence-electron chi connectivity index (χ3n) is 1.61. The normalized spacial score (nSPS) is 11.9. The Morgan fingerprint density at radius 1 is 1.67 bits per heavy atom. The summed E-state index contributed by atoms with van der Waals surface area (Å²) in [5.74, 6) is 0.596. The summed E-state index contributed by atoms with van der Waals surface area (Å²) in [4.78, 5) is 4.22. The van der Waals surface area contributed by atoms with E-state index in [9.17, 15) is 0 Å². The molecule has 0 bridgehead atoms. The third kappa shape index (κ3) is 1.95. The van der Waals surface area contributed by atoms with E-state index in [4.69, 9.17) is 10.5 Å². The number of thiazole rings is 1. The quantitative estimate of drug-likeness (QED) is 0.780. The standard InChI is InChI=1S/C8H14N2OS/c1-8(2,5-11-3)7-10-6(9)4-12-7/h4H,5,9H2,1-3H3. The number of rotatable bonds is 3. The van der Waals surface area contributed by atoms with E-state index < -0.39 is 0 Å². The highest BCUT2D eigenvalue weighted by atomic mass is 32.1. The first kappa shape index (κ1) is 9.48. The number of methoxy groups -OCH3 is 1. The minimum absolute atomic E-state index is 0.0307. The number of nitrogens with two attached hydrogens (primary N) is 1. The smallest absolute Gasteiger partial charge is 0.134 e. The fourth-order valence-corrected chi connectivity index (χ4v) is 1.84. The lowest BCUT2D eigenvalue weighted by atomic mass is 9.96. The molecule has 0 saturated carbocycles. The molecular weight excluding hydrogens is 172 g/mol. The number of hydrogen-bond donors (Lipinski definition) is 1. The van der Waals surface area contributed by atoms with Crippen LogP contribution in [-0.4, -0.2) is 18.7 Å². The second-order valence-corrected chi connectivity index (χ2v) is 4.25. The molecule has 0 unspecified atom stereocenters. The third-order valence-corrected chi connectivity index (χ3v) is 2.83. The number of anilines is 1. The molecule has 0 amide bonds. The molecule has 0 aliphatic heterocycles. The zero-order valence-corrected chi connectivity index (χ0v) is 8.44. The maximum Gasteiger partial charge on any atom is 0.134 e. The van der Waals surface area contributed by atoms with Gasteiger partial charge in [-0.1, -0.05) is 13.8 Å². The molecule has 0 spiro atoms. The summed E-state index contributed by atoms with van der Waals surface area (Å²) < 4.78 is 5.10. The Morgan fingerprint density at radius 3 is 2.75 bits per heavy atom. The van der Waals surface area contributed by atoms with Gasteiger partial charge in [0.1, 0.15) is 10.8 Å². The van der Waals surface area contributed by atoms with Crippen LogP contribution >= 0.6 is 11.3 Å². The van der Waals surface area contributed by atoms with E-state index in [-0.39, 0.29) is 5.41 Å². The van der Waals surface area contributed by atoms with Crippen LogP contribution in [0.4, 0.5) is 5.82 Å². The predicted octanol–water partition coefficient (Wildman–Crippen LogP) is 1.65. The minimum Gasteiger partial charge on any atom is -0.384 e. The fraction of sp³-hybridized carbons (Fsp3) is 0.625. The Labute approximate surface area is 76.6 Å². The molecule has 0 radical (unpaired) electrons. The molecule has 3 nitrogen and oxygen atoms in total. The van der Waals surface area contributed by atoms with Crippen LogP contribution in [-0.2, 0) is 10.2 Å². The fourth-order valence-electron chi connectivity index (χ4n) is 1.02. The maximum atomic E-state index is 5.53. The number of aromatic nitrogens is 1. The van der Waals surface area contributed by atoms with Crippen molar-refractivity contribution >= 4 is 17.2 Å². The van der Waals surface area contributed by atoms with Crippen molar-refractivity contribution in [3.63, 3.8) is 0 Å². The first-order valence-electron chi connectivity index (χ1n) is 3.76. The van der Waals surface area contributed by atoms with Crippen molar-refractivity contribution in [2.24, 2.45) is 0 Å². The number of hydrogen-bond acceptors (Lipinski definition) is 4. The van der Waals surface area contributed by atoms with E-state index >= 15 is 0 Å². The first-order chi connectivity index (χ1) is 5.56. The summed E-state index contributed by atoms with van der Waals surface area (Å²) in [6, 6.07) is 0. The average molecular weight is 186 g/mol. The molecule has 0 aliphatic rings. The van der Waals surface area contributed by atoms with Gasteiger partial charge in [0, 0.05) is 17.9 Å². The Kier molecular flexibility index (Phi) is 2.69. The monoisotopic (exact) mass is 186 g/mol. The molecule has 68 valence electrons. The lowest BCUT2D eigenvalue weighted by molar-refractivity contribution is 0.146. The van der Waals surface area contributed by atoms with Crippen LogP contribution in [0.5, 0.6) is 0 Å². The number of nitrogens with zero attached hydrogens (tertiary/aromatic N) is 1. The van der Waals surface area contributed by atoms with Gasteiger partial charge < -0.3 is 10.5 Å². The highest BCUT2D eigenvalue weighted by Crippen LogP contribution is 2.27. The molecule has 12 heavy (non-hydrogen) atoms. The van der Waals surface area contributed by atoms with Crippen LogP contribution in [0.2, 0.25) is 0 Å². The molecule has 1 aromatic rings. The van der Waals surface area contributed by atoms with E-state index in [0.29, 0.717) is 12.4 Å². The molecule has 2 N–H and O–H groups in total. The van der Waals surface area contributed by atoms with Gasteiger partial charge in [-0.25, -0.2) is 4.98 Å². The molecule has 1 aromatic heterocycles. The largest absolute Gasteiger partial charge is 0.384 e. The minimum atomic E-state index is -0.0307. The van der Waals surface area contributed by atoms with Crippen molar-refractivity contribution in [2.45, 2.75) is 19.3 Å². The van der Waals surface area contributed by atoms with E-state index in [1.54, 1.807) is 18.4 Å². The molecule has 0 atom stereocenters. The molecule has 0 aliphatic carbocycles. The van der Waals surface area contributed by atoms with Gasteiger partial charge in [0.05, 0.1) is 6.61 Å². The van der Waals surface area contributed by atoms with Crippen molar-refractivity contribution in [1.29, 1.82) is 0 Å². The molecule has 0 aromatic carbocycles. The van der Waals surface area contributed by atoms with Gasteiger partial charge in [-0.15, -0.1) is 11.3 Å². The summed E-state index contributed by atoms with van der Waals surface area (Å²) >= 11 is 1.58. The molecule has 4 heteroatoms. The number of nitrogen functional groups attached to an aromatic ring is 1. The zero-order chi connectivity index (χ0) is 9.19. The Morgan fingerprint density at radius 2 is 2.33 bits per heavy atom. The average Bonchev–Trinajstić information content (AvgIpc) is 2.36. The second-order valence-electron chi connectivity index (χ2n) is 3.39. The van der Waals surface area contributed by atoms with Crippen LogP contribution in [0.25, 0.3) is 0 Å². The van der Waals surface area contributed by atoms with Crippen molar-refractivity contribution in [3.05, 3.63) is 10.4 Å². The van der Waals surface area contributed by atoms with Crippen LogP contribution in [0.15, 0.2) is 5.38 Å². The highest BCUT2D eigenvalue weighted by molar-refractivity contribution is 7.10. The summed E-state index contributed by atoms with van der Waals surface area (Å²) in [6.45, 7) is 4.85. The van der Waals surface area contributed by atoms with Crippen LogP contribution in [0.1, 0.15) is 18.9 Å². The van der Waals surface area contributed by atoms with Gasteiger partial charge in [-0.05, 0) is 0 Å². The predicted molar refractivity (Wildman–Crippen MR) is 51.4 cm³/mol. The van der Waals surface area contributed by atoms with Gasteiger partial charge in [0.25, 0.3) is 0 Å². The zero-order valence-electron chi connectivity index (χ0n) is 7.63. The van der Waals surface area contributed by atoms with Gasteiger partial charge in [-0.2, -0.15) is 0 Å². The molecule has 1 heterocycles. The van der Waals surface area contributed by atoms with Crippen molar-refractivity contribution in [2.75, 3.05) is 19.5 Å². The SMILES string of the molecule is COCC(C)(C)c1nc(N)cs1. The van der Waals surface area contributed by atoms with Gasteiger partial charge in [0.15, 0.2) is 0 Å². The lowest BCUT2D eigenvalue weighted by Crippen LogP contribution is -2.23. The van der Waals surface area contributed by atoms with E-state index in [0.717, 1.165) is 5.01 Å². The summed E-state index contributed by atoms with van der Waals surface area (Å²) in [5, 5.41) is 2.88. The Bertz CT molecular complexity index is 257. The molecular formula is C8H14N2OS. The Hall–Kier alpha value is -0.610. The van der Waals surface area contributed by atoms with Crippen molar-refractivity contribution < 1.29 is 4.74 Å². The van der Waals surface area contributed by atoms with E-state index in [1.165, 1.54) is 0 Å². The highest BCUT2D eigenvalue weighted by Gasteiger charge is 2.23. The summed E-state index contributed by atoms with van der Waals surface area (Å²) in [7, 11) is 1.69. The van der Waals surface area contributed by atoms with E-state index in [2.05, 4.69) is 18.8 Å². The van der Waals surface area contributed by atoms with E-state index in [1.807, 2.05) is 5.38 Å². The number of ether oxygens (including phenoxy) is 1. The molecule has 0 saturated heterocycles. The van der Waals surface area contributed by atoms with Gasteiger partial charge >= 0.3 is 0 Å². The van der Waals surface area contributed by atoms with Crippen molar-refractivity contribution in [3.8, 4) is 0 Å². The van der Waals surface area contributed by atoms with Gasteiger partial charge in [-0.3, -0.25) is 0 Å².